The maximum atomic E-state index is 12.8. The quantitative estimate of drug-likeness (QED) is 0.908. The Kier molecular flexibility index (Phi) is 3.43. The van der Waals surface area contributed by atoms with Crippen molar-refractivity contribution in [3.63, 3.8) is 0 Å². The van der Waals surface area contributed by atoms with E-state index in [2.05, 4.69) is 36.2 Å². The Labute approximate surface area is 105 Å². The van der Waals surface area contributed by atoms with Crippen molar-refractivity contribution >= 4 is 0 Å². The van der Waals surface area contributed by atoms with Crippen molar-refractivity contribution in [2.45, 2.75) is 32.9 Å². The van der Waals surface area contributed by atoms with Gasteiger partial charge in [-0.2, -0.15) is 4.98 Å². The number of aromatic nitrogens is 2. The molecule has 0 radical (unpaired) electrons. The first-order valence-corrected chi connectivity index (χ1v) is 5.77. The molecule has 5 heteroatoms. The summed E-state index contributed by atoms with van der Waals surface area (Å²) in [6, 6.07) is 6.00. The Hall–Kier alpha value is -1.75. The minimum Gasteiger partial charge on any atom is -0.338 e. The summed E-state index contributed by atoms with van der Waals surface area (Å²) in [5, 5.41) is 7.12. The standard InChI is InChI=1S/C13H16FN3O/c1-13(2,3)15-8-11-16-12(17-18-11)9-4-6-10(14)7-5-9/h4-7,15H,8H2,1-3H3. The largest absolute Gasteiger partial charge is 0.338 e. The molecule has 0 saturated carbocycles. The average molecular weight is 249 g/mol. The van der Waals surface area contributed by atoms with Gasteiger partial charge in [-0.3, -0.25) is 0 Å². The lowest BCUT2D eigenvalue weighted by Gasteiger charge is -2.18. The molecule has 0 aliphatic carbocycles. The minimum absolute atomic E-state index is 0.00942. The van der Waals surface area contributed by atoms with E-state index in [-0.39, 0.29) is 11.4 Å². The molecule has 2 rings (SSSR count). The van der Waals surface area contributed by atoms with Crippen molar-refractivity contribution in [2.75, 3.05) is 0 Å². The van der Waals surface area contributed by atoms with Crippen molar-refractivity contribution in [1.29, 1.82) is 0 Å². The van der Waals surface area contributed by atoms with Crippen molar-refractivity contribution in [1.82, 2.24) is 15.5 Å². The Bertz CT molecular complexity index is 514. The van der Waals surface area contributed by atoms with Crippen molar-refractivity contribution < 1.29 is 8.91 Å². The summed E-state index contributed by atoms with van der Waals surface area (Å²) in [7, 11) is 0. The van der Waals surface area contributed by atoms with E-state index in [9.17, 15) is 4.39 Å². The summed E-state index contributed by atoms with van der Waals surface area (Å²) in [5.41, 5.74) is 0.729. The van der Waals surface area contributed by atoms with Gasteiger partial charge < -0.3 is 9.84 Å². The molecule has 1 aromatic heterocycles. The predicted molar refractivity (Wildman–Crippen MR) is 66.3 cm³/mol. The predicted octanol–water partition coefficient (Wildman–Crippen LogP) is 2.76. The van der Waals surface area contributed by atoms with E-state index in [1.54, 1.807) is 12.1 Å². The van der Waals surface area contributed by atoms with Gasteiger partial charge in [-0.1, -0.05) is 5.16 Å². The fourth-order valence-electron chi connectivity index (χ4n) is 1.38. The second-order valence-electron chi connectivity index (χ2n) is 5.12. The fourth-order valence-corrected chi connectivity index (χ4v) is 1.38. The number of halogens is 1. The van der Waals surface area contributed by atoms with Crippen LogP contribution < -0.4 is 5.32 Å². The van der Waals surface area contributed by atoms with Crippen LogP contribution in [0.1, 0.15) is 26.7 Å². The smallest absolute Gasteiger partial charge is 0.240 e. The molecule has 0 fully saturated rings. The molecule has 0 unspecified atom stereocenters. The zero-order valence-corrected chi connectivity index (χ0v) is 10.7. The zero-order valence-electron chi connectivity index (χ0n) is 10.7. The van der Waals surface area contributed by atoms with E-state index in [4.69, 9.17) is 4.52 Å². The molecule has 4 nitrogen and oxygen atoms in total. The summed E-state index contributed by atoms with van der Waals surface area (Å²) in [6.45, 7) is 6.69. The number of hydrogen-bond donors (Lipinski definition) is 1. The van der Waals surface area contributed by atoms with E-state index >= 15 is 0 Å². The van der Waals surface area contributed by atoms with Gasteiger partial charge >= 0.3 is 0 Å². The first-order valence-electron chi connectivity index (χ1n) is 5.77. The van der Waals surface area contributed by atoms with Gasteiger partial charge in [0.25, 0.3) is 0 Å². The van der Waals surface area contributed by atoms with Crippen LogP contribution in [-0.4, -0.2) is 15.7 Å². The van der Waals surface area contributed by atoms with E-state index in [0.29, 0.717) is 18.3 Å². The summed E-state index contributed by atoms with van der Waals surface area (Å²) in [4.78, 5) is 4.25. The Morgan fingerprint density at radius 2 is 1.89 bits per heavy atom. The minimum atomic E-state index is -0.281. The summed E-state index contributed by atoms with van der Waals surface area (Å²) in [5.74, 6) is 0.710. The highest BCUT2D eigenvalue weighted by Crippen LogP contribution is 2.16. The van der Waals surface area contributed by atoms with Crippen LogP contribution in [-0.2, 0) is 6.54 Å². The first-order chi connectivity index (χ1) is 8.44. The van der Waals surface area contributed by atoms with Gasteiger partial charge in [-0.15, -0.1) is 0 Å². The SMILES string of the molecule is CC(C)(C)NCc1nc(-c2ccc(F)cc2)no1. The molecule has 0 aliphatic heterocycles. The summed E-state index contributed by atoms with van der Waals surface area (Å²) >= 11 is 0. The Balaban J connectivity index is 2.08. The highest BCUT2D eigenvalue weighted by Gasteiger charge is 2.13. The molecular formula is C13H16FN3O. The van der Waals surface area contributed by atoms with Crippen molar-refractivity contribution in [2.24, 2.45) is 0 Å². The Morgan fingerprint density at radius 3 is 2.50 bits per heavy atom. The number of nitrogens with one attached hydrogen (secondary N) is 1. The third-order valence-electron chi connectivity index (χ3n) is 2.34. The van der Waals surface area contributed by atoms with Crippen LogP contribution in [0, 0.1) is 5.82 Å². The molecule has 1 aromatic carbocycles. The molecule has 1 heterocycles. The monoisotopic (exact) mass is 249 g/mol. The number of hydrogen-bond acceptors (Lipinski definition) is 4. The molecule has 96 valence electrons. The Morgan fingerprint density at radius 1 is 1.22 bits per heavy atom. The third-order valence-corrected chi connectivity index (χ3v) is 2.34. The van der Waals surface area contributed by atoms with Crippen molar-refractivity contribution in [3.05, 3.63) is 36.0 Å². The van der Waals surface area contributed by atoms with Crippen LogP contribution in [0.2, 0.25) is 0 Å². The highest BCUT2D eigenvalue weighted by atomic mass is 19.1. The molecule has 0 bridgehead atoms. The molecular weight excluding hydrogens is 233 g/mol. The first kappa shape index (κ1) is 12.7. The maximum Gasteiger partial charge on any atom is 0.240 e. The molecule has 0 atom stereocenters. The maximum absolute atomic E-state index is 12.8. The van der Waals surface area contributed by atoms with Gasteiger partial charge in [0.2, 0.25) is 11.7 Å². The normalized spacial score (nSPS) is 11.8. The highest BCUT2D eigenvalue weighted by molar-refractivity contribution is 5.53. The van der Waals surface area contributed by atoms with Gasteiger partial charge in [0.05, 0.1) is 6.54 Å². The fraction of sp³-hybridized carbons (Fsp3) is 0.385. The summed E-state index contributed by atoms with van der Waals surface area (Å²) in [6.07, 6.45) is 0. The average Bonchev–Trinajstić information content (AvgIpc) is 2.75. The molecule has 1 N–H and O–H groups in total. The second kappa shape index (κ2) is 4.86. The number of benzene rings is 1. The zero-order chi connectivity index (χ0) is 13.2. The van der Waals surface area contributed by atoms with Gasteiger partial charge in [0.15, 0.2) is 0 Å². The van der Waals surface area contributed by atoms with Crippen LogP contribution in [0.4, 0.5) is 4.39 Å². The molecule has 18 heavy (non-hydrogen) atoms. The molecule has 0 spiro atoms. The molecule has 0 amide bonds. The second-order valence-corrected chi connectivity index (χ2v) is 5.12. The van der Waals surface area contributed by atoms with Gasteiger partial charge in [-0.25, -0.2) is 4.39 Å². The van der Waals surface area contributed by atoms with Gasteiger partial charge in [0.1, 0.15) is 5.82 Å². The van der Waals surface area contributed by atoms with Crippen LogP contribution in [0.15, 0.2) is 28.8 Å². The van der Waals surface area contributed by atoms with Crippen molar-refractivity contribution in [3.8, 4) is 11.4 Å². The number of nitrogens with zero attached hydrogens (tertiary/aromatic N) is 2. The van der Waals surface area contributed by atoms with E-state index in [1.165, 1.54) is 12.1 Å². The van der Waals surface area contributed by atoms with Crippen LogP contribution in [0.3, 0.4) is 0 Å². The molecule has 2 aromatic rings. The molecule has 0 saturated heterocycles. The number of rotatable bonds is 3. The van der Waals surface area contributed by atoms with Crippen LogP contribution >= 0.6 is 0 Å². The molecule has 0 aliphatic rings. The van der Waals surface area contributed by atoms with E-state index in [0.717, 1.165) is 5.56 Å². The van der Waals surface area contributed by atoms with Crippen LogP contribution in [0.5, 0.6) is 0 Å². The third kappa shape index (κ3) is 3.37. The van der Waals surface area contributed by atoms with Gasteiger partial charge in [-0.05, 0) is 45.0 Å². The van der Waals surface area contributed by atoms with Gasteiger partial charge in [0, 0.05) is 11.1 Å². The van der Waals surface area contributed by atoms with Crippen LogP contribution in [0.25, 0.3) is 11.4 Å². The lowest BCUT2D eigenvalue weighted by Crippen LogP contribution is -2.35. The van der Waals surface area contributed by atoms with E-state index in [1.807, 2.05) is 0 Å². The lowest BCUT2D eigenvalue weighted by atomic mass is 10.1. The summed E-state index contributed by atoms with van der Waals surface area (Å²) < 4.78 is 17.9. The lowest BCUT2D eigenvalue weighted by molar-refractivity contribution is 0.336. The topological polar surface area (TPSA) is 51.0 Å². The van der Waals surface area contributed by atoms with E-state index < -0.39 is 0 Å².